The van der Waals surface area contributed by atoms with Crippen LogP contribution in [0.5, 0.6) is 0 Å². The van der Waals surface area contributed by atoms with Gasteiger partial charge in [-0.3, -0.25) is 9.69 Å². The predicted octanol–water partition coefficient (Wildman–Crippen LogP) is 2.66. The van der Waals surface area contributed by atoms with Gasteiger partial charge in [0.25, 0.3) is 5.91 Å². The Hall–Kier alpha value is -4.36. The van der Waals surface area contributed by atoms with Crippen LogP contribution in [0.15, 0.2) is 41.2 Å². The normalized spacial score (nSPS) is 20.7. The Morgan fingerprint density at radius 1 is 0.875 bits per heavy atom. The van der Waals surface area contributed by atoms with Gasteiger partial charge in [-0.1, -0.05) is 24.3 Å². The first-order valence-electron chi connectivity index (χ1n) is 17.4. The quantitative estimate of drug-likeness (QED) is 0.319. The minimum Gasteiger partial charge on any atom is -0.436 e. The summed E-state index contributed by atoms with van der Waals surface area (Å²) >= 11 is 0. The van der Waals surface area contributed by atoms with E-state index < -0.39 is 12.2 Å². The van der Waals surface area contributed by atoms with E-state index in [1.54, 1.807) is 4.90 Å². The second-order valence-corrected chi connectivity index (χ2v) is 13.6. The number of fused-ring (bicyclic) bond motifs is 2. The number of rotatable bonds is 6. The first-order valence-corrected chi connectivity index (χ1v) is 17.4. The van der Waals surface area contributed by atoms with E-state index in [0.717, 1.165) is 73.3 Å². The molecule has 0 spiro atoms. The van der Waals surface area contributed by atoms with Crippen LogP contribution in [0.2, 0.25) is 0 Å². The molecular weight excluding hydrogens is 612 g/mol. The molecule has 0 unspecified atom stereocenters. The third kappa shape index (κ3) is 6.93. The molecule has 1 atom stereocenters. The van der Waals surface area contributed by atoms with E-state index in [-0.39, 0.29) is 30.1 Å². The molecule has 0 aliphatic carbocycles. The summed E-state index contributed by atoms with van der Waals surface area (Å²) in [5.74, 6) is -0.182. The number of anilines is 1. The lowest BCUT2D eigenvalue weighted by molar-refractivity contribution is -0.142. The molecule has 7 rings (SSSR count). The van der Waals surface area contributed by atoms with Crippen LogP contribution < -0.4 is 16.3 Å². The number of nitrogens with zero attached hydrogens (tertiary/aromatic N) is 4. The number of carbonyl (C=O) groups is 3. The van der Waals surface area contributed by atoms with E-state index in [4.69, 9.17) is 4.74 Å². The number of hydrogen-bond acceptors (Lipinski definition) is 7. The van der Waals surface area contributed by atoms with E-state index in [1.165, 1.54) is 0 Å². The molecule has 13 nitrogen and oxygen atoms in total. The molecule has 4 aliphatic rings. The van der Waals surface area contributed by atoms with Gasteiger partial charge in [0.1, 0.15) is 0 Å². The Labute approximate surface area is 280 Å². The topological polar surface area (TPSA) is 146 Å². The maximum absolute atomic E-state index is 14.1. The highest BCUT2D eigenvalue weighted by molar-refractivity contribution is 5.91. The second-order valence-electron chi connectivity index (χ2n) is 13.6. The number of piperazine rings is 1. The lowest BCUT2D eigenvalue weighted by Crippen LogP contribution is -2.54. The van der Waals surface area contributed by atoms with Gasteiger partial charge in [0.05, 0.1) is 11.0 Å². The summed E-state index contributed by atoms with van der Waals surface area (Å²) in [6.07, 6.45) is 2.52. The summed E-state index contributed by atoms with van der Waals surface area (Å²) in [6, 6.07) is 12.0. The van der Waals surface area contributed by atoms with Crippen molar-refractivity contribution in [3.05, 3.63) is 63.6 Å². The Kier molecular flexibility index (Phi) is 9.40. The van der Waals surface area contributed by atoms with Gasteiger partial charge in [0.2, 0.25) is 0 Å². The number of para-hydroxylation sites is 1. The van der Waals surface area contributed by atoms with Gasteiger partial charge in [-0.05, 0) is 67.9 Å². The summed E-state index contributed by atoms with van der Waals surface area (Å²) in [4.78, 5) is 66.3. The number of aryl methyl sites for hydroxylation is 1. The fraction of sp³-hybridized carbons (Fsp3) is 0.543. The highest BCUT2D eigenvalue weighted by Gasteiger charge is 2.36. The van der Waals surface area contributed by atoms with E-state index in [9.17, 15) is 19.2 Å². The lowest BCUT2D eigenvalue weighted by atomic mass is 9.99. The van der Waals surface area contributed by atoms with Crippen molar-refractivity contribution in [1.82, 2.24) is 34.9 Å². The number of nitrogens with one attached hydrogen (secondary N) is 4. The van der Waals surface area contributed by atoms with Gasteiger partial charge in [-0.15, -0.1) is 0 Å². The van der Waals surface area contributed by atoms with Gasteiger partial charge in [-0.2, -0.15) is 0 Å². The van der Waals surface area contributed by atoms with Crippen LogP contribution in [-0.2, 0) is 22.4 Å². The van der Waals surface area contributed by atoms with Crippen molar-refractivity contribution in [2.24, 2.45) is 0 Å². The van der Waals surface area contributed by atoms with Crippen LogP contribution in [0.25, 0.3) is 11.0 Å². The van der Waals surface area contributed by atoms with Crippen molar-refractivity contribution in [3.63, 3.8) is 0 Å². The fourth-order valence-electron chi connectivity index (χ4n) is 7.90. The summed E-state index contributed by atoms with van der Waals surface area (Å²) in [5.41, 5.74) is 4.75. The monoisotopic (exact) mass is 658 g/mol. The molecule has 4 amide bonds. The van der Waals surface area contributed by atoms with Gasteiger partial charge in [0, 0.05) is 83.1 Å². The molecule has 4 aliphatic heterocycles. The summed E-state index contributed by atoms with van der Waals surface area (Å²) in [7, 11) is 0. The minimum atomic E-state index is -0.997. The fourth-order valence-corrected chi connectivity index (χ4v) is 7.90. The SMILES string of the molecule is Cc1cc(C[C@@H](OC(=O)N2CCC(N3CCc4ccccc4NC3=O)CC2)C(=O)N2CCC(N3CCNCC3)CC2)cc2[nH]c(=O)[nH]c12. The van der Waals surface area contributed by atoms with E-state index in [1.807, 2.05) is 53.1 Å². The average Bonchev–Trinajstić information content (AvgIpc) is 3.40. The van der Waals surface area contributed by atoms with E-state index >= 15 is 0 Å². The maximum Gasteiger partial charge on any atom is 0.410 e. The molecule has 4 N–H and O–H groups in total. The highest BCUT2D eigenvalue weighted by atomic mass is 16.6. The summed E-state index contributed by atoms with van der Waals surface area (Å²) in [6.45, 7) is 8.68. The van der Waals surface area contributed by atoms with Crippen molar-refractivity contribution >= 4 is 34.8 Å². The zero-order chi connectivity index (χ0) is 33.2. The van der Waals surface area contributed by atoms with Crippen LogP contribution >= 0.6 is 0 Å². The van der Waals surface area contributed by atoms with Crippen LogP contribution in [0.1, 0.15) is 42.4 Å². The number of imidazole rings is 1. The number of hydrogen-bond donors (Lipinski definition) is 4. The Morgan fingerprint density at radius 3 is 2.35 bits per heavy atom. The maximum atomic E-state index is 14.1. The first kappa shape index (κ1) is 32.2. The second kappa shape index (κ2) is 14.0. The van der Waals surface area contributed by atoms with Gasteiger partial charge in [0.15, 0.2) is 6.10 Å². The Balaban J connectivity index is 1.01. The highest BCUT2D eigenvalue weighted by Crippen LogP contribution is 2.26. The van der Waals surface area contributed by atoms with Gasteiger partial charge < -0.3 is 40.0 Å². The molecule has 3 saturated heterocycles. The lowest BCUT2D eigenvalue weighted by Gasteiger charge is -2.41. The molecule has 2 aromatic carbocycles. The molecule has 48 heavy (non-hydrogen) atoms. The molecule has 0 radical (unpaired) electrons. The number of aromatic nitrogens is 2. The van der Waals surface area contributed by atoms with Crippen molar-refractivity contribution in [2.45, 2.75) is 63.6 Å². The largest absolute Gasteiger partial charge is 0.436 e. The number of H-pyrrole nitrogens is 2. The van der Waals surface area contributed by atoms with Crippen LogP contribution in [0, 0.1) is 6.92 Å². The molecule has 3 aromatic rings. The first-order chi connectivity index (χ1) is 23.3. The number of aromatic amines is 2. The van der Waals surface area contributed by atoms with E-state index in [2.05, 4.69) is 25.5 Å². The smallest absolute Gasteiger partial charge is 0.410 e. The Morgan fingerprint density at radius 2 is 1.58 bits per heavy atom. The van der Waals surface area contributed by atoms with Crippen molar-refractivity contribution in [2.75, 3.05) is 64.2 Å². The van der Waals surface area contributed by atoms with Gasteiger partial charge in [-0.25, -0.2) is 14.4 Å². The number of ether oxygens (including phenoxy) is 1. The van der Waals surface area contributed by atoms with E-state index in [0.29, 0.717) is 57.1 Å². The number of benzene rings is 2. The zero-order valence-electron chi connectivity index (χ0n) is 27.6. The molecule has 1 aromatic heterocycles. The molecule has 13 heteroatoms. The third-order valence-corrected chi connectivity index (χ3v) is 10.6. The van der Waals surface area contributed by atoms with Crippen molar-refractivity contribution in [1.29, 1.82) is 0 Å². The molecule has 3 fully saturated rings. The zero-order valence-corrected chi connectivity index (χ0v) is 27.6. The number of carbonyl (C=O) groups excluding carboxylic acids is 3. The van der Waals surface area contributed by atoms with Crippen molar-refractivity contribution in [3.8, 4) is 0 Å². The molecule has 0 bridgehead atoms. The van der Waals surface area contributed by atoms with Crippen molar-refractivity contribution < 1.29 is 19.1 Å². The van der Waals surface area contributed by atoms with Crippen LogP contribution in [-0.4, -0.2) is 125 Å². The minimum absolute atomic E-state index is 0.0102. The third-order valence-electron chi connectivity index (χ3n) is 10.6. The summed E-state index contributed by atoms with van der Waals surface area (Å²) in [5, 5.41) is 6.45. The summed E-state index contributed by atoms with van der Waals surface area (Å²) < 4.78 is 6.08. The number of likely N-dealkylation sites (tertiary alicyclic amines) is 2. The number of amides is 4. The molecule has 0 saturated carbocycles. The number of urea groups is 1. The molecule has 256 valence electrons. The average molecular weight is 659 g/mol. The Bertz CT molecular complexity index is 1700. The van der Waals surface area contributed by atoms with Gasteiger partial charge >= 0.3 is 17.8 Å². The molecule has 5 heterocycles. The van der Waals surface area contributed by atoms with Crippen LogP contribution in [0.3, 0.4) is 0 Å². The predicted molar refractivity (Wildman–Crippen MR) is 182 cm³/mol. The van der Waals surface area contributed by atoms with Crippen LogP contribution in [0.4, 0.5) is 15.3 Å². The standard InChI is InChI=1S/C35H46N8O5/c1-23-20-24(21-29-31(23)39-33(45)37-29)22-30(32(44)41-13-7-26(8-14-41)40-18-11-36-12-19-40)48-35(47)42-15-9-27(10-16-42)43-17-6-25-4-2-3-5-28(25)38-34(43)46/h2-5,20-21,26-27,30,36H,6-19,22H2,1H3,(H,38,46)(H2,37,39,45)/t30-/m1/s1. The number of piperidine rings is 2. The molecular formula is C35H46N8O5.